The normalized spacial score (nSPS) is 17.8. The molecule has 1 saturated carbocycles. The summed E-state index contributed by atoms with van der Waals surface area (Å²) in [7, 11) is 0. The number of allylic oxidation sites excluding steroid dienone is 2. The van der Waals surface area contributed by atoms with E-state index in [1.165, 1.54) is 64.2 Å². The second kappa shape index (κ2) is 34.4. The third-order valence-electron chi connectivity index (χ3n) is 10.4. The van der Waals surface area contributed by atoms with Crippen molar-refractivity contribution in [1.29, 1.82) is 0 Å². The van der Waals surface area contributed by atoms with Gasteiger partial charge in [-0.05, 0) is 102 Å². The highest BCUT2D eigenvalue weighted by Crippen LogP contribution is 2.29. The molecule has 0 amide bonds. The maximum Gasteiger partial charge on any atom is 0.305 e. The van der Waals surface area contributed by atoms with Crippen molar-refractivity contribution in [1.82, 2.24) is 0 Å². The Morgan fingerprint density at radius 3 is 1.28 bits per heavy atom. The van der Waals surface area contributed by atoms with Gasteiger partial charge in [-0.2, -0.15) is 0 Å². The summed E-state index contributed by atoms with van der Waals surface area (Å²) in [5.74, 6) is 0.745. The fraction of sp³-hybridized carbons (Fsp3) is 0.864. The Balaban J connectivity index is 1.90. The summed E-state index contributed by atoms with van der Waals surface area (Å²) in [6, 6.07) is 0. The largest absolute Gasteiger partial charge is 0.465 e. The lowest BCUT2D eigenvalue weighted by Crippen LogP contribution is -2.23. The average Bonchev–Trinajstić information content (AvgIpc) is 3.12. The van der Waals surface area contributed by atoms with E-state index in [-0.39, 0.29) is 24.1 Å². The van der Waals surface area contributed by atoms with Gasteiger partial charge in [0.1, 0.15) is 0 Å². The fourth-order valence-electron chi connectivity index (χ4n) is 6.85. The van der Waals surface area contributed by atoms with E-state index in [0.717, 1.165) is 116 Å². The lowest BCUT2D eigenvalue weighted by Gasteiger charge is -2.27. The van der Waals surface area contributed by atoms with Crippen LogP contribution >= 0.6 is 0 Å². The number of esters is 2. The van der Waals surface area contributed by atoms with E-state index in [4.69, 9.17) is 9.47 Å². The van der Waals surface area contributed by atoms with Gasteiger partial charge in [-0.15, -0.1) is 0 Å². The molecule has 50 heavy (non-hydrogen) atoms. The molecule has 1 aliphatic carbocycles. The zero-order chi connectivity index (χ0) is 36.3. The van der Waals surface area contributed by atoms with E-state index in [2.05, 4.69) is 38.2 Å². The highest BCUT2D eigenvalue weighted by atomic mass is 16.5. The van der Waals surface area contributed by atoms with Crippen molar-refractivity contribution in [2.24, 2.45) is 11.8 Å². The smallest absolute Gasteiger partial charge is 0.305 e. The first kappa shape index (κ1) is 46.4. The maximum atomic E-state index is 12.2. The van der Waals surface area contributed by atoms with Gasteiger partial charge in [0.05, 0.1) is 25.4 Å². The van der Waals surface area contributed by atoms with Crippen LogP contribution in [-0.2, 0) is 19.1 Å². The van der Waals surface area contributed by atoms with E-state index in [0.29, 0.717) is 37.9 Å². The Kier molecular flexibility index (Phi) is 31.9. The Morgan fingerprint density at radius 1 is 0.520 bits per heavy atom. The number of carbonyl (C=O) groups is 2. The molecule has 0 aromatic rings. The zero-order valence-corrected chi connectivity index (χ0v) is 32.8. The molecule has 0 aromatic carbocycles. The van der Waals surface area contributed by atoms with E-state index in [9.17, 15) is 19.8 Å². The molecule has 6 heteroatoms. The van der Waals surface area contributed by atoms with E-state index in [1.807, 2.05) is 0 Å². The molecule has 0 heterocycles. The first-order chi connectivity index (χ1) is 24.4. The molecule has 2 N–H and O–H groups in total. The summed E-state index contributed by atoms with van der Waals surface area (Å²) >= 11 is 0. The van der Waals surface area contributed by atoms with Gasteiger partial charge in [-0.1, -0.05) is 128 Å². The number of hydrogen-bond donors (Lipinski definition) is 2. The summed E-state index contributed by atoms with van der Waals surface area (Å²) in [6.07, 6.45) is 39.7. The summed E-state index contributed by atoms with van der Waals surface area (Å²) in [4.78, 5) is 24.5. The van der Waals surface area contributed by atoms with Crippen molar-refractivity contribution in [3.63, 3.8) is 0 Å². The molecule has 0 bridgehead atoms. The number of unbranched alkanes of at least 4 members (excludes halogenated alkanes) is 16. The summed E-state index contributed by atoms with van der Waals surface area (Å²) < 4.78 is 11.2. The standard InChI is InChI=1S/C44H80O6/c1-3-5-7-21-27-41(45)29-23-17-13-9-11-15-19-25-31-43(47)49-37-39-33-35-40(36-34-39)38-50-44(48)32-26-20-16-12-10-14-18-24-30-42(46)28-22-8-6-4-2/h17-18,23-24,39-42,45-46H,3-16,19-22,25-38H2,1-2H3/t39?,40?,41-,42-/m1/s1. The van der Waals surface area contributed by atoms with Crippen LogP contribution in [0.1, 0.15) is 206 Å². The Bertz CT molecular complexity index is 762. The van der Waals surface area contributed by atoms with Crippen LogP contribution < -0.4 is 0 Å². The monoisotopic (exact) mass is 705 g/mol. The first-order valence-corrected chi connectivity index (χ1v) is 21.4. The molecular formula is C44H80O6. The molecule has 0 spiro atoms. The van der Waals surface area contributed by atoms with Crippen LogP contribution in [0.15, 0.2) is 24.3 Å². The van der Waals surface area contributed by atoms with Gasteiger partial charge in [0, 0.05) is 12.8 Å². The van der Waals surface area contributed by atoms with Crippen LogP contribution in [-0.4, -0.2) is 47.6 Å². The Labute approximate surface area is 308 Å². The third-order valence-corrected chi connectivity index (χ3v) is 10.4. The van der Waals surface area contributed by atoms with Crippen molar-refractivity contribution in [3.05, 3.63) is 24.3 Å². The van der Waals surface area contributed by atoms with Crippen LogP contribution in [0, 0.1) is 11.8 Å². The van der Waals surface area contributed by atoms with E-state index < -0.39 is 0 Å². The molecule has 0 aliphatic heterocycles. The van der Waals surface area contributed by atoms with Crippen LogP contribution in [0.2, 0.25) is 0 Å². The summed E-state index contributed by atoms with van der Waals surface area (Å²) in [6.45, 7) is 5.48. The van der Waals surface area contributed by atoms with Gasteiger partial charge in [-0.3, -0.25) is 9.59 Å². The van der Waals surface area contributed by atoms with Crippen LogP contribution in [0.5, 0.6) is 0 Å². The molecule has 1 aliphatic rings. The number of hydrogen-bond acceptors (Lipinski definition) is 6. The Morgan fingerprint density at radius 2 is 0.880 bits per heavy atom. The van der Waals surface area contributed by atoms with Crippen LogP contribution in [0.25, 0.3) is 0 Å². The molecule has 0 aromatic heterocycles. The topological polar surface area (TPSA) is 93.1 Å². The Hall–Kier alpha value is -1.66. The van der Waals surface area contributed by atoms with Crippen molar-refractivity contribution in [2.75, 3.05) is 13.2 Å². The highest BCUT2D eigenvalue weighted by molar-refractivity contribution is 5.69. The molecule has 1 rings (SSSR count). The quantitative estimate of drug-likeness (QED) is 0.0393. The minimum atomic E-state index is -0.188. The molecule has 1 fully saturated rings. The van der Waals surface area contributed by atoms with Gasteiger partial charge >= 0.3 is 11.9 Å². The van der Waals surface area contributed by atoms with Gasteiger partial charge in [0.2, 0.25) is 0 Å². The molecule has 0 saturated heterocycles. The number of carbonyl (C=O) groups excluding carboxylic acids is 2. The summed E-state index contributed by atoms with van der Waals surface area (Å²) in [5, 5.41) is 20.1. The molecule has 2 atom stereocenters. The third kappa shape index (κ3) is 30.0. The SMILES string of the molecule is CCCCCC[C@@H](O)CC=CCCCCCCCC(=O)OCC1CCC(COC(=O)CCCCCCCC=CC[C@H](O)CCCCCC)CC1. The first-order valence-electron chi connectivity index (χ1n) is 21.4. The maximum absolute atomic E-state index is 12.2. The van der Waals surface area contributed by atoms with Gasteiger partial charge in [0.25, 0.3) is 0 Å². The molecule has 6 nitrogen and oxygen atoms in total. The predicted octanol–water partition coefficient (Wildman–Crippen LogP) is 11.9. The van der Waals surface area contributed by atoms with Crippen LogP contribution in [0.3, 0.4) is 0 Å². The lowest BCUT2D eigenvalue weighted by atomic mass is 9.83. The molecule has 292 valence electrons. The number of ether oxygens (including phenoxy) is 2. The minimum Gasteiger partial charge on any atom is -0.465 e. The molecular weight excluding hydrogens is 624 g/mol. The number of aliphatic hydroxyl groups is 2. The lowest BCUT2D eigenvalue weighted by molar-refractivity contribution is -0.147. The minimum absolute atomic E-state index is 0.0615. The molecule has 0 unspecified atom stereocenters. The zero-order valence-electron chi connectivity index (χ0n) is 32.8. The highest BCUT2D eigenvalue weighted by Gasteiger charge is 2.23. The van der Waals surface area contributed by atoms with Crippen molar-refractivity contribution in [3.8, 4) is 0 Å². The van der Waals surface area contributed by atoms with Crippen LogP contribution in [0.4, 0.5) is 0 Å². The second-order valence-corrected chi connectivity index (χ2v) is 15.3. The van der Waals surface area contributed by atoms with Gasteiger partial charge in [-0.25, -0.2) is 0 Å². The van der Waals surface area contributed by atoms with Crippen molar-refractivity contribution < 1.29 is 29.3 Å². The number of aliphatic hydroxyl groups excluding tert-OH is 2. The van der Waals surface area contributed by atoms with E-state index >= 15 is 0 Å². The fourth-order valence-corrected chi connectivity index (χ4v) is 6.85. The average molecular weight is 705 g/mol. The molecule has 0 radical (unpaired) electrons. The van der Waals surface area contributed by atoms with Crippen molar-refractivity contribution in [2.45, 2.75) is 219 Å². The van der Waals surface area contributed by atoms with Gasteiger partial charge < -0.3 is 19.7 Å². The van der Waals surface area contributed by atoms with Crippen molar-refractivity contribution >= 4 is 11.9 Å². The second-order valence-electron chi connectivity index (χ2n) is 15.3. The predicted molar refractivity (Wildman–Crippen MR) is 209 cm³/mol. The van der Waals surface area contributed by atoms with Gasteiger partial charge in [0.15, 0.2) is 0 Å². The number of rotatable bonds is 34. The summed E-state index contributed by atoms with van der Waals surface area (Å²) in [5.41, 5.74) is 0. The van der Waals surface area contributed by atoms with E-state index in [1.54, 1.807) is 0 Å².